The molecule has 1 aliphatic rings. The summed E-state index contributed by atoms with van der Waals surface area (Å²) in [4.78, 5) is 21.0. The van der Waals surface area contributed by atoms with Gasteiger partial charge in [-0.1, -0.05) is 6.92 Å². The second kappa shape index (κ2) is 9.75. The van der Waals surface area contributed by atoms with E-state index in [2.05, 4.69) is 10.1 Å². The Kier molecular flexibility index (Phi) is 9.21. The number of piperidine rings is 1. The van der Waals surface area contributed by atoms with E-state index in [1.165, 1.54) is 0 Å². The molecule has 0 aromatic heterocycles. The Balaban J connectivity index is 0.000000441. The van der Waals surface area contributed by atoms with Crippen LogP contribution in [0.4, 0.5) is 0 Å². The summed E-state index contributed by atoms with van der Waals surface area (Å²) in [5.41, 5.74) is -0.318. The van der Waals surface area contributed by atoms with Crippen LogP contribution >= 0.6 is 0 Å². The van der Waals surface area contributed by atoms with Crippen LogP contribution in [0.1, 0.15) is 47.5 Å². The Hall–Kier alpha value is -1.10. The summed E-state index contributed by atoms with van der Waals surface area (Å²) in [6, 6.07) is 0. The van der Waals surface area contributed by atoms with Gasteiger partial charge < -0.3 is 14.8 Å². The Labute approximate surface area is 122 Å². The molecule has 0 aliphatic carbocycles. The number of esters is 1. The van der Waals surface area contributed by atoms with Gasteiger partial charge in [-0.3, -0.25) is 9.59 Å². The monoisotopic (exact) mass is 287 g/mol. The smallest absolute Gasteiger partial charge is 0.308 e. The van der Waals surface area contributed by atoms with E-state index in [1.54, 1.807) is 0 Å². The van der Waals surface area contributed by atoms with Crippen LogP contribution in [0.3, 0.4) is 0 Å². The minimum absolute atomic E-state index is 0.0330. The van der Waals surface area contributed by atoms with Crippen LogP contribution in [0.25, 0.3) is 0 Å². The molecule has 0 radical (unpaired) electrons. The van der Waals surface area contributed by atoms with Crippen molar-refractivity contribution in [1.82, 2.24) is 5.32 Å². The molecule has 5 nitrogen and oxygen atoms in total. The van der Waals surface area contributed by atoms with E-state index in [-0.39, 0.29) is 17.5 Å². The van der Waals surface area contributed by atoms with Crippen molar-refractivity contribution in [2.24, 2.45) is 11.8 Å². The third kappa shape index (κ3) is 8.91. The topological polar surface area (TPSA) is 64.6 Å². The third-order valence-corrected chi connectivity index (χ3v) is 3.15. The van der Waals surface area contributed by atoms with Gasteiger partial charge in [0, 0.05) is 0 Å². The van der Waals surface area contributed by atoms with Crippen LogP contribution in [0.5, 0.6) is 0 Å². The van der Waals surface area contributed by atoms with Crippen LogP contribution in [-0.2, 0) is 19.1 Å². The maximum atomic E-state index is 11.4. The highest BCUT2D eigenvalue weighted by atomic mass is 16.5. The highest BCUT2D eigenvalue weighted by Gasteiger charge is 2.26. The molecule has 20 heavy (non-hydrogen) atoms. The van der Waals surface area contributed by atoms with Crippen molar-refractivity contribution in [3.05, 3.63) is 0 Å². The van der Waals surface area contributed by atoms with Gasteiger partial charge in [0.1, 0.15) is 5.60 Å². The van der Waals surface area contributed by atoms with E-state index in [9.17, 15) is 9.59 Å². The molecule has 1 heterocycles. The zero-order chi connectivity index (χ0) is 15.6. The molecular formula is C15H29NO4. The zero-order valence-electron chi connectivity index (χ0n) is 13.4. The van der Waals surface area contributed by atoms with Crippen molar-refractivity contribution in [3.63, 3.8) is 0 Å². The van der Waals surface area contributed by atoms with Crippen LogP contribution in [0.15, 0.2) is 0 Å². The second-order valence-corrected chi connectivity index (χ2v) is 5.95. The molecular weight excluding hydrogens is 258 g/mol. The molecule has 0 amide bonds. The molecule has 0 saturated carbocycles. The molecule has 1 N–H and O–H groups in total. The first-order valence-electron chi connectivity index (χ1n) is 7.30. The van der Waals surface area contributed by atoms with Crippen LogP contribution in [0, 0.1) is 11.8 Å². The van der Waals surface area contributed by atoms with Crippen molar-refractivity contribution in [2.75, 3.05) is 19.7 Å². The maximum absolute atomic E-state index is 11.4. The highest BCUT2D eigenvalue weighted by Crippen LogP contribution is 2.22. The lowest BCUT2D eigenvalue weighted by Gasteiger charge is -2.26. The van der Waals surface area contributed by atoms with Gasteiger partial charge >= 0.3 is 5.97 Å². The molecule has 5 heteroatoms. The Morgan fingerprint density at radius 1 is 1.35 bits per heavy atom. The minimum atomic E-state index is -0.318. The molecule has 0 aromatic rings. The van der Waals surface area contributed by atoms with Crippen molar-refractivity contribution < 1.29 is 19.1 Å². The predicted octanol–water partition coefficient (Wildman–Crippen LogP) is 2.14. The van der Waals surface area contributed by atoms with Gasteiger partial charge in [-0.15, -0.1) is 0 Å². The fourth-order valence-corrected chi connectivity index (χ4v) is 1.95. The number of nitrogens with one attached hydrogen (secondary N) is 1. The molecule has 1 unspecified atom stereocenters. The van der Waals surface area contributed by atoms with Gasteiger partial charge in [0.25, 0.3) is 6.47 Å². The number of hydrogen-bond donors (Lipinski definition) is 1. The lowest BCUT2D eigenvalue weighted by atomic mass is 9.86. The van der Waals surface area contributed by atoms with E-state index in [1.807, 2.05) is 34.6 Å². The number of carbonyl (C=O) groups excluding carboxylic acids is 2. The number of ether oxygens (including phenoxy) is 2. The molecule has 118 valence electrons. The van der Waals surface area contributed by atoms with Gasteiger partial charge in [0.2, 0.25) is 0 Å². The minimum Gasteiger partial charge on any atom is -0.466 e. The van der Waals surface area contributed by atoms with E-state index in [0.717, 1.165) is 25.9 Å². The molecule has 1 aliphatic heterocycles. The lowest BCUT2D eigenvalue weighted by Crippen LogP contribution is -2.34. The van der Waals surface area contributed by atoms with Gasteiger partial charge in [-0.05, 0) is 59.5 Å². The summed E-state index contributed by atoms with van der Waals surface area (Å²) in [5.74, 6) is 0.553. The molecule has 1 rings (SSSR count). The molecule has 1 saturated heterocycles. The van der Waals surface area contributed by atoms with Gasteiger partial charge in [0.05, 0.1) is 12.5 Å². The average molecular weight is 287 g/mol. The lowest BCUT2D eigenvalue weighted by molar-refractivity contribution is -0.149. The number of rotatable bonds is 4. The van der Waals surface area contributed by atoms with Crippen LogP contribution in [0.2, 0.25) is 0 Å². The van der Waals surface area contributed by atoms with E-state index < -0.39 is 0 Å². The molecule has 1 atom stereocenters. The first kappa shape index (κ1) is 18.9. The van der Waals surface area contributed by atoms with E-state index in [4.69, 9.17) is 4.74 Å². The largest absolute Gasteiger partial charge is 0.466 e. The fraction of sp³-hybridized carbons (Fsp3) is 0.867. The Morgan fingerprint density at radius 2 is 1.90 bits per heavy atom. The maximum Gasteiger partial charge on any atom is 0.308 e. The SMILES string of the molecule is CC(C)(C)OC=O.CCOC(=O)C(C)C1CCNCC1. The fourth-order valence-electron chi connectivity index (χ4n) is 1.95. The normalized spacial score (nSPS) is 17.4. The first-order chi connectivity index (χ1) is 9.31. The average Bonchev–Trinajstić information content (AvgIpc) is 2.38. The van der Waals surface area contributed by atoms with Crippen molar-refractivity contribution in [1.29, 1.82) is 0 Å². The van der Waals surface area contributed by atoms with Crippen LogP contribution < -0.4 is 5.32 Å². The molecule has 0 aromatic carbocycles. The summed E-state index contributed by atoms with van der Waals surface area (Å²) in [6.07, 6.45) is 2.19. The molecule has 0 bridgehead atoms. The number of carbonyl (C=O) groups is 2. The van der Waals surface area contributed by atoms with Crippen molar-refractivity contribution >= 4 is 12.4 Å². The van der Waals surface area contributed by atoms with E-state index in [0.29, 0.717) is 19.0 Å². The quantitative estimate of drug-likeness (QED) is 0.634. The van der Waals surface area contributed by atoms with Crippen LogP contribution in [-0.4, -0.2) is 37.7 Å². The summed E-state index contributed by atoms with van der Waals surface area (Å²) < 4.78 is 9.55. The van der Waals surface area contributed by atoms with Gasteiger partial charge in [-0.2, -0.15) is 0 Å². The zero-order valence-corrected chi connectivity index (χ0v) is 13.4. The second-order valence-electron chi connectivity index (χ2n) is 5.95. The number of hydrogen-bond acceptors (Lipinski definition) is 5. The standard InChI is InChI=1S/C10H19NO2.C5H10O2/c1-3-13-10(12)8(2)9-4-6-11-7-5-9;1-5(2,3)7-4-6/h8-9,11H,3-7H2,1-2H3;4H,1-3H3. The Bertz CT molecular complexity index is 280. The third-order valence-electron chi connectivity index (χ3n) is 3.15. The van der Waals surface area contributed by atoms with Crippen molar-refractivity contribution in [2.45, 2.75) is 53.1 Å². The van der Waals surface area contributed by atoms with Gasteiger partial charge in [-0.25, -0.2) is 0 Å². The molecule has 1 fully saturated rings. The van der Waals surface area contributed by atoms with E-state index >= 15 is 0 Å². The summed E-state index contributed by atoms with van der Waals surface area (Å²) >= 11 is 0. The summed E-state index contributed by atoms with van der Waals surface area (Å²) in [7, 11) is 0. The van der Waals surface area contributed by atoms with Gasteiger partial charge in [0.15, 0.2) is 0 Å². The summed E-state index contributed by atoms with van der Waals surface area (Å²) in [6.45, 7) is 12.3. The predicted molar refractivity (Wildman–Crippen MR) is 78.3 cm³/mol. The van der Waals surface area contributed by atoms with Crippen molar-refractivity contribution in [3.8, 4) is 0 Å². The Morgan fingerprint density at radius 3 is 2.25 bits per heavy atom. The molecule has 0 spiro atoms. The first-order valence-corrected chi connectivity index (χ1v) is 7.30. The highest BCUT2D eigenvalue weighted by molar-refractivity contribution is 5.72. The summed E-state index contributed by atoms with van der Waals surface area (Å²) in [5, 5.41) is 3.29.